The highest BCUT2D eigenvalue weighted by atomic mass is 35.5. The fourth-order valence-electron chi connectivity index (χ4n) is 2.94. The van der Waals surface area contributed by atoms with Crippen molar-refractivity contribution in [3.8, 4) is 5.75 Å². The number of nitrogens with zero attached hydrogens (tertiary/aromatic N) is 1. The van der Waals surface area contributed by atoms with Gasteiger partial charge in [-0.1, -0.05) is 41.6 Å². The molecule has 8 heteroatoms. The normalized spacial score (nSPS) is 15.0. The van der Waals surface area contributed by atoms with Crippen molar-refractivity contribution in [1.82, 2.24) is 5.32 Å². The van der Waals surface area contributed by atoms with E-state index in [1.165, 1.54) is 17.8 Å². The van der Waals surface area contributed by atoms with E-state index in [2.05, 4.69) is 24.1 Å². The van der Waals surface area contributed by atoms with Gasteiger partial charge in [-0.3, -0.25) is 4.79 Å². The zero-order chi connectivity index (χ0) is 21.0. The van der Waals surface area contributed by atoms with Crippen LogP contribution in [-0.4, -0.2) is 23.3 Å². The van der Waals surface area contributed by atoms with Crippen LogP contribution in [0.3, 0.4) is 0 Å². The Bertz CT molecular complexity index is 957. The molecule has 1 fully saturated rings. The van der Waals surface area contributed by atoms with Gasteiger partial charge in [0, 0.05) is 36.0 Å². The van der Waals surface area contributed by atoms with Crippen LogP contribution in [0, 0.1) is 5.82 Å². The molecule has 0 bridgehead atoms. The predicted octanol–water partition coefficient (Wildman–Crippen LogP) is 5.39. The van der Waals surface area contributed by atoms with Crippen molar-refractivity contribution in [3.05, 3.63) is 63.3 Å². The van der Waals surface area contributed by atoms with Crippen LogP contribution in [0.1, 0.15) is 25.0 Å². The van der Waals surface area contributed by atoms with Gasteiger partial charge < -0.3 is 15.0 Å². The molecule has 1 aliphatic rings. The molecule has 0 atom stereocenters. The van der Waals surface area contributed by atoms with Crippen molar-refractivity contribution >= 4 is 57.6 Å². The molecule has 2 aromatic rings. The van der Waals surface area contributed by atoms with Crippen LogP contribution in [0.15, 0.2) is 41.3 Å². The predicted molar refractivity (Wildman–Crippen MR) is 122 cm³/mol. The van der Waals surface area contributed by atoms with Gasteiger partial charge in [-0.25, -0.2) is 4.39 Å². The largest absolute Gasteiger partial charge is 0.488 e. The number of hydrogen-bond acceptors (Lipinski definition) is 5. The van der Waals surface area contributed by atoms with E-state index >= 15 is 0 Å². The number of anilines is 1. The van der Waals surface area contributed by atoms with Crippen molar-refractivity contribution < 1.29 is 13.9 Å². The summed E-state index contributed by atoms with van der Waals surface area (Å²) < 4.78 is 20.5. The van der Waals surface area contributed by atoms with Gasteiger partial charge in [0.05, 0.1) is 9.93 Å². The smallest absolute Gasteiger partial charge is 0.263 e. The van der Waals surface area contributed by atoms with Crippen LogP contribution in [0.4, 0.5) is 10.1 Å². The summed E-state index contributed by atoms with van der Waals surface area (Å²) in [6.45, 7) is 5.78. The van der Waals surface area contributed by atoms with E-state index in [-0.39, 0.29) is 18.1 Å². The highest BCUT2D eigenvalue weighted by Gasteiger charge is 2.23. The Morgan fingerprint density at radius 2 is 2.03 bits per heavy atom. The van der Waals surface area contributed by atoms with Crippen molar-refractivity contribution in [2.24, 2.45) is 0 Å². The summed E-state index contributed by atoms with van der Waals surface area (Å²) in [7, 11) is 0. The first kappa shape index (κ1) is 21.6. The lowest BCUT2D eigenvalue weighted by molar-refractivity contribution is -0.115. The molecule has 2 aromatic carbocycles. The summed E-state index contributed by atoms with van der Waals surface area (Å²) in [5.74, 6) is -0.128. The number of amides is 1. The summed E-state index contributed by atoms with van der Waals surface area (Å²) in [6, 6.07) is 10.3. The SMILES string of the molecule is CCN(CC)c1ccc(/C=C2\SC(=S)NC2=O)c(OCc2c(F)cccc2Cl)c1. The Kier molecular flexibility index (Phi) is 7.16. The fraction of sp³-hybridized carbons (Fsp3) is 0.238. The average molecular weight is 451 g/mol. The Balaban J connectivity index is 1.96. The summed E-state index contributed by atoms with van der Waals surface area (Å²) in [5, 5.41) is 2.90. The summed E-state index contributed by atoms with van der Waals surface area (Å²) in [6.07, 6.45) is 1.73. The van der Waals surface area contributed by atoms with Gasteiger partial charge >= 0.3 is 0 Å². The van der Waals surface area contributed by atoms with Crippen LogP contribution in [0.2, 0.25) is 5.02 Å². The van der Waals surface area contributed by atoms with Gasteiger partial charge in [-0.15, -0.1) is 0 Å². The molecular weight excluding hydrogens is 431 g/mol. The number of thioether (sulfide) groups is 1. The Hall–Kier alpha value is -2.09. The fourth-order valence-corrected chi connectivity index (χ4v) is 4.19. The van der Waals surface area contributed by atoms with Gasteiger partial charge in [-0.05, 0) is 44.2 Å². The van der Waals surface area contributed by atoms with Crippen molar-refractivity contribution in [1.29, 1.82) is 0 Å². The molecule has 1 aliphatic heterocycles. The molecule has 0 aliphatic carbocycles. The average Bonchev–Trinajstić information content (AvgIpc) is 3.01. The lowest BCUT2D eigenvalue weighted by Crippen LogP contribution is -2.21. The van der Waals surface area contributed by atoms with E-state index in [4.69, 9.17) is 28.6 Å². The minimum absolute atomic E-state index is 0.0267. The molecule has 4 nitrogen and oxygen atoms in total. The Morgan fingerprint density at radius 3 is 2.66 bits per heavy atom. The van der Waals surface area contributed by atoms with E-state index in [0.717, 1.165) is 18.8 Å². The van der Waals surface area contributed by atoms with E-state index < -0.39 is 5.82 Å². The second kappa shape index (κ2) is 9.61. The summed E-state index contributed by atoms with van der Waals surface area (Å²) in [5.41, 5.74) is 1.97. The number of ether oxygens (including phenoxy) is 1. The molecule has 1 saturated heterocycles. The number of carbonyl (C=O) groups excluding carboxylic acids is 1. The molecule has 0 unspecified atom stereocenters. The number of benzene rings is 2. The number of thiocarbonyl (C=S) groups is 1. The number of halogens is 2. The van der Waals surface area contributed by atoms with Gasteiger partial charge in [0.2, 0.25) is 0 Å². The van der Waals surface area contributed by atoms with Gasteiger partial charge in [0.25, 0.3) is 5.91 Å². The molecular formula is C21H20ClFN2O2S2. The van der Waals surface area contributed by atoms with Crippen molar-refractivity contribution in [2.45, 2.75) is 20.5 Å². The highest BCUT2D eigenvalue weighted by molar-refractivity contribution is 8.26. The Labute approximate surface area is 184 Å². The third-order valence-corrected chi connectivity index (χ3v) is 6.00. The third-order valence-electron chi connectivity index (χ3n) is 4.49. The standard InChI is InChI=1S/C21H20ClFN2O2S2/c1-3-25(4-2)14-9-8-13(10-19-20(26)24-21(28)29-19)18(11-14)27-12-15-16(22)6-5-7-17(15)23/h5-11H,3-4,12H2,1-2H3,(H,24,26,28)/b19-10-. The first-order chi connectivity index (χ1) is 13.9. The summed E-state index contributed by atoms with van der Waals surface area (Å²) in [4.78, 5) is 14.7. The van der Waals surface area contributed by atoms with Crippen molar-refractivity contribution in [2.75, 3.05) is 18.0 Å². The lowest BCUT2D eigenvalue weighted by atomic mass is 10.1. The van der Waals surface area contributed by atoms with E-state index in [0.29, 0.717) is 25.6 Å². The molecule has 0 saturated carbocycles. The molecule has 152 valence electrons. The molecule has 0 aromatic heterocycles. The molecule has 29 heavy (non-hydrogen) atoms. The zero-order valence-corrected chi connectivity index (χ0v) is 18.4. The first-order valence-electron chi connectivity index (χ1n) is 9.12. The highest BCUT2D eigenvalue weighted by Crippen LogP contribution is 2.33. The maximum Gasteiger partial charge on any atom is 0.263 e. The monoisotopic (exact) mass is 450 g/mol. The molecule has 3 rings (SSSR count). The first-order valence-corrected chi connectivity index (χ1v) is 10.7. The number of rotatable bonds is 7. The Morgan fingerprint density at radius 1 is 1.28 bits per heavy atom. The number of nitrogens with one attached hydrogen (secondary N) is 1. The van der Waals surface area contributed by atoms with Crippen LogP contribution in [0.5, 0.6) is 5.75 Å². The van der Waals surface area contributed by atoms with Crippen LogP contribution in [0.25, 0.3) is 6.08 Å². The summed E-state index contributed by atoms with van der Waals surface area (Å²) >= 11 is 12.4. The maximum absolute atomic E-state index is 14.1. The quantitative estimate of drug-likeness (QED) is 0.452. The van der Waals surface area contributed by atoms with E-state index in [9.17, 15) is 9.18 Å². The van der Waals surface area contributed by atoms with Crippen LogP contribution < -0.4 is 15.0 Å². The number of hydrogen-bond donors (Lipinski definition) is 1. The van der Waals surface area contributed by atoms with Crippen molar-refractivity contribution in [3.63, 3.8) is 0 Å². The van der Waals surface area contributed by atoms with Crippen LogP contribution >= 0.6 is 35.6 Å². The topological polar surface area (TPSA) is 41.6 Å². The van der Waals surface area contributed by atoms with E-state index in [1.807, 2.05) is 18.2 Å². The number of carbonyl (C=O) groups is 1. The molecule has 1 heterocycles. The second-order valence-electron chi connectivity index (χ2n) is 6.24. The lowest BCUT2D eigenvalue weighted by Gasteiger charge is -2.22. The second-order valence-corrected chi connectivity index (χ2v) is 8.36. The van der Waals surface area contributed by atoms with Gasteiger partial charge in [0.15, 0.2) is 0 Å². The molecule has 1 amide bonds. The van der Waals surface area contributed by atoms with Gasteiger partial charge in [-0.2, -0.15) is 0 Å². The minimum Gasteiger partial charge on any atom is -0.488 e. The molecule has 1 N–H and O–H groups in total. The molecule has 0 radical (unpaired) electrons. The zero-order valence-electron chi connectivity index (χ0n) is 16.0. The third kappa shape index (κ3) is 5.10. The maximum atomic E-state index is 14.1. The van der Waals surface area contributed by atoms with Gasteiger partial charge in [0.1, 0.15) is 22.5 Å². The van der Waals surface area contributed by atoms with E-state index in [1.54, 1.807) is 18.2 Å². The minimum atomic E-state index is -0.423. The molecule has 0 spiro atoms. The van der Waals surface area contributed by atoms with Crippen LogP contribution in [-0.2, 0) is 11.4 Å².